The Morgan fingerprint density at radius 1 is 1.59 bits per heavy atom. The van der Waals surface area contributed by atoms with E-state index in [0.717, 1.165) is 12.1 Å². The molecule has 0 aliphatic heterocycles. The van der Waals surface area contributed by atoms with Gasteiger partial charge < -0.3 is 0 Å². The van der Waals surface area contributed by atoms with Crippen molar-refractivity contribution in [3.05, 3.63) is 38.9 Å². The monoisotopic (exact) mass is 252 g/mol. The van der Waals surface area contributed by atoms with Crippen LogP contribution in [0.15, 0.2) is 12.1 Å². The molecule has 0 unspecified atom stereocenters. The summed E-state index contributed by atoms with van der Waals surface area (Å²) in [5.74, 6) is -1.27. The molecule has 0 N–H and O–H groups in total. The van der Waals surface area contributed by atoms with Gasteiger partial charge in [-0.15, -0.1) is 11.6 Å². The molecule has 0 aliphatic rings. The van der Waals surface area contributed by atoms with Crippen molar-refractivity contribution >= 4 is 29.4 Å². The summed E-state index contributed by atoms with van der Waals surface area (Å²) in [5.41, 5.74) is -1.35. The molecule has 1 aromatic carbocycles. The highest BCUT2D eigenvalue weighted by molar-refractivity contribution is 6.31. The van der Waals surface area contributed by atoms with Gasteiger partial charge in [0.2, 0.25) is 0 Å². The van der Waals surface area contributed by atoms with Gasteiger partial charge in [0.25, 0.3) is 5.69 Å². The summed E-state index contributed by atoms with van der Waals surface area (Å²) in [6.45, 7) is 0. The van der Waals surface area contributed by atoms with Gasteiger partial charge >= 0.3 is 0 Å². The van der Waals surface area contributed by atoms with Crippen LogP contribution in [0.4, 0.5) is 5.69 Å². The zero-order valence-electron chi connectivity index (χ0n) is 8.34. The number of hydrogen-bond acceptors (Lipinski definition) is 5. The summed E-state index contributed by atoms with van der Waals surface area (Å²) in [6.07, 6.45) is 0.241. The number of ketones is 1. The Labute approximate surface area is 101 Å². The van der Waals surface area contributed by atoms with Gasteiger partial charge in [0.05, 0.1) is 22.4 Å². The molecule has 0 amide bonds. The smallest absolute Gasteiger partial charge is 0.281 e. The second-order valence-electron chi connectivity index (χ2n) is 2.96. The number of halogens is 1. The van der Waals surface area contributed by atoms with Crippen molar-refractivity contribution in [2.45, 2.75) is 0 Å². The zero-order valence-corrected chi connectivity index (χ0v) is 9.10. The predicted octanol–water partition coefficient (Wildman–Crippen LogP) is 1.70. The average molecular weight is 253 g/mol. The van der Waals surface area contributed by atoms with E-state index in [9.17, 15) is 19.7 Å². The van der Waals surface area contributed by atoms with E-state index < -0.39 is 27.8 Å². The summed E-state index contributed by atoms with van der Waals surface area (Å²) in [4.78, 5) is 32.2. The fraction of sp³-hybridized carbons (Fsp3) is 0.100. The average Bonchev–Trinajstić information content (AvgIpc) is 2.35. The number of carbonyl (C=O) groups is 2. The number of Topliss-reactive ketones (excluding diaryl/α,β-unsaturated/α-hetero) is 1. The SMILES string of the molecule is N#Cc1ccc([N+](=O)[O-])c(C(=O)CCl)c1C=O. The summed E-state index contributed by atoms with van der Waals surface area (Å²) < 4.78 is 0. The van der Waals surface area contributed by atoms with Gasteiger partial charge in [0, 0.05) is 11.6 Å². The van der Waals surface area contributed by atoms with Crippen molar-refractivity contribution in [1.29, 1.82) is 5.26 Å². The third kappa shape index (κ3) is 2.29. The van der Waals surface area contributed by atoms with Crippen LogP contribution >= 0.6 is 11.6 Å². The minimum Gasteiger partial charge on any atom is -0.298 e. The largest absolute Gasteiger partial charge is 0.298 e. The molecule has 0 aliphatic carbocycles. The van der Waals surface area contributed by atoms with Crippen LogP contribution in [0.5, 0.6) is 0 Å². The van der Waals surface area contributed by atoms with E-state index in [2.05, 4.69) is 0 Å². The molecule has 0 saturated carbocycles. The van der Waals surface area contributed by atoms with Gasteiger partial charge in [-0.1, -0.05) is 0 Å². The molecule has 0 radical (unpaired) electrons. The number of carbonyl (C=O) groups excluding carboxylic acids is 2. The standard InChI is InChI=1S/C10H5ClN2O4/c11-3-9(15)10-7(5-14)6(4-12)1-2-8(10)13(16)17/h1-2,5H,3H2. The number of rotatable bonds is 4. The van der Waals surface area contributed by atoms with Gasteiger partial charge in [-0.25, -0.2) is 0 Å². The number of alkyl halides is 1. The number of nitriles is 1. The van der Waals surface area contributed by atoms with Crippen LogP contribution in [0.25, 0.3) is 0 Å². The lowest BCUT2D eigenvalue weighted by molar-refractivity contribution is -0.385. The summed E-state index contributed by atoms with van der Waals surface area (Å²) >= 11 is 5.32. The normalized spacial score (nSPS) is 9.41. The summed E-state index contributed by atoms with van der Waals surface area (Å²) in [5, 5.41) is 19.5. The third-order valence-corrected chi connectivity index (χ3v) is 2.30. The molecular weight excluding hydrogens is 248 g/mol. The highest BCUT2D eigenvalue weighted by Crippen LogP contribution is 2.25. The molecular formula is C10H5ClN2O4. The molecule has 0 bridgehead atoms. The Hall–Kier alpha value is -2.26. The van der Waals surface area contributed by atoms with Crippen molar-refractivity contribution in [3.63, 3.8) is 0 Å². The Bertz CT molecular complexity index is 548. The topological polar surface area (TPSA) is 101 Å². The summed E-state index contributed by atoms with van der Waals surface area (Å²) in [6, 6.07) is 3.81. The molecule has 7 heteroatoms. The van der Waals surface area contributed by atoms with Crippen LogP contribution in [0.1, 0.15) is 26.3 Å². The fourth-order valence-corrected chi connectivity index (χ4v) is 1.47. The van der Waals surface area contributed by atoms with E-state index in [0.29, 0.717) is 0 Å². The van der Waals surface area contributed by atoms with Gasteiger partial charge in [-0.2, -0.15) is 5.26 Å². The second kappa shape index (κ2) is 5.18. The number of hydrogen-bond donors (Lipinski definition) is 0. The van der Waals surface area contributed by atoms with E-state index >= 15 is 0 Å². The third-order valence-electron chi connectivity index (χ3n) is 2.06. The van der Waals surface area contributed by atoms with Crippen LogP contribution in [0.2, 0.25) is 0 Å². The first kappa shape index (κ1) is 12.8. The lowest BCUT2D eigenvalue weighted by Crippen LogP contribution is -2.10. The van der Waals surface area contributed by atoms with Gasteiger partial charge in [0.1, 0.15) is 5.56 Å². The van der Waals surface area contributed by atoms with Crippen LogP contribution in [-0.2, 0) is 0 Å². The Morgan fingerprint density at radius 2 is 2.24 bits per heavy atom. The molecule has 6 nitrogen and oxygen atoms in total. The van der Waals surface area contributed by atoms with E-state index in [1.165, 1.54) is 0 Å². The molecule has 1 aromatic rings. The lowest BCUT2D eigenvalue weighted by atomic mass is 9.98. The molecule has 1 rings (SSSR count). The Morgan fingerprint density at radius 3 is 2.65 bits per heavy atom. The van der Waals surface area contributed by atoms with Crippen molar-refractivity contribution in [2.24, 2.45) is 0 Å². The molecule has 0 saturated heterocycles. The molecule has 17 heavy (non-hydrogen) atoms. The maximum absolute atomic E-state index is 11.5. The number of nitrogens with zero attached hydrogens (tertiary/aromatic N) is 2. The number of nitro benzene ring substituents is 1. The fourth-order valence-electron chi connectivity index (χ4n) is 1.34. The van der Waals surface area contributed by atoms with Gasteiger partial charge in [-0.05, 0) is 6.07 Å². The maximum Gasteiger partial charge on any atom is 0.281 e. The van der Waals surface area contributed by atoms with E-state index in [1.54, 1.807) is 6.07 Å². The molecule has 0 spiro atoms. The molecule has 0 atom stereocenters. The van der Waals surface area contributed by atoms with Crippen molar-refractivity contribution in [1.82, 2.24) is 0 Å². The maximum atomic E-state index is 11.5. The predicted molar refractivity (Wildman–Crippen MR) is 58.2 cm³/mol. The second-order valence-corrected chi connectivity index (χ2v) is 3.23. The lowest BCUT2D eigenvalue weighted by Gasteiger charge is -2.04. The summed E-state index contributed by atoms with van der Waals surface area (Å²) in [7, 11) is 0. The van der Waals surface area contributed by atoms with E-state index in [-0.39, 0.29) is 17.4 Å². The van der Waals surface area contributed by atoms with Crippen molar-refractivity contribution in [2.75, 3.05) is 5.88 Å². The number of nitro groups is 1. The highest BCUT2D eigenvalue weighted by atomic mass is 35.5. The Balaban J connectivity index is 3.69. The molecule has 0 heterocycles. The minimum atomic E-state index is -0.798. The first-order chi connectivity index (χ1) is 8.06. The first-order valence-electron chi connectivity index (χ1n) is 4.32. The number of benzene rings is 1. The molecule has 0 fully saturated rings. The van der Waals surface area contributed by atoms with Gasteiger partial charge in [-0.3, -0.25) is 19.7 Å². The quantitative estimate of drug-likeness (QED) is 0.267. The minimum absolute atomic E-state index is 0.0981. The van der Waals surface area contributed by atoms with E-state index in [1.807, 2.05) is 0 Å². The first-order valence-corrected chi connectivity index (χ1v) is 4.86. The van der Waals surface area contributed by atoms with Crippen LogP contribution in [-0.4, -0.2) is 22.9 Å². The van der Waals surface area contributed by atoms with Crippen LogP contribution in [0, 0.1) is 21.4 Å². The molecule has 0 aromatic heterocycles. The van der Waals surface area contributed by atoms with Gasteiger partial charge in [0.15, 0.2) is 12.1 Å². The zero-order chi connectivity index (χ0) is 13.0. The van der Waals surface area contributed by atoms with Crippen LogP contribution < -0.4 is 0 Å². The highest BCUT2D eigenvalue weighted by Gasteiger charge is 2.25. The molecule has 86 valence electrons. The van der Waals surface area contributed by atoms with Crippen molar-refractivity contribution < 1.29 is 14.5 Å². The Kier molecular flexibility index (Phi) is 3.91. The van der Waals surface area contributed by atoms with Crippen LogP contribution in [0.3, 0.4) is 0 Å². The number of aldehydes is 1. The van der Waals surface area contributed by atoms with E-state index in [4.69, 9.17) is 16.9 Å². The van der Waals surface area contributed by atoms with Crippen molar-refractivity contribution in [3.8, 4) is 6.07 Å².